The maximum absolute atomic E-state index is 17.0. The van der Waals surface area contributed by atoms with Crippen LogP contribution >= 0.6 is 0 Å². The summed E-state index contributed by atoms with van der Waals surface area (Å²) in [6, 6.07) is 4.57. The highest BCUT2D eigenvalue weighted by atomic mass is 19.2. The summed E-state index contributed by atoms with van der Waals surface area (Å²) < 4.78 is 73.1. The molecule has 4 aliphatic heterocycles. The molecule has 1 unspecified atom stereocenters. The molecule has 0 saturated carbocycles. The van der Waals surface area contributed by atoms with Crippen molar-refractivity contribution in [2.75, 3.05) is 19.7 Å². The number of piperidine rings is 1. The second-order valence-corrected chi connectivity index (χ2v) is 14.0. The van der Waals surface area contributed by atoms with Gasteiger partial charge in [0.25, 0.3) is 0 Å². The Balaban J connectivity index is 1.26. The van der Waals surface area contributed by atoms with E-state index in [2.05, 4.69) is 28.0 Å². The van der Waals surface area contributed by atoms with E-state index in [-0.39, 0.29) is 69.8 Å². The molecule has 4 saturated heterocycles. The van der Waals surface area contributed by atoms with E-state index in [4.69, 9.17) is 14.5 Å². The maximum Gasteiger partial charge on any atom is 0.335 e. The van der Waals surface area contributed by atoms with Gasteiger partial charge < -0.3 is 14.4 Å². The van der Waals surface area contributed by atoms with Crippen molar-refractivity contribution in [3.63, 3.8) is 0 Å². The molecule has 8 rings (SSSR count). The Morgan fingerprint density at radius 3 is 2.57 bits per heavy atom. The molecule has 9 nitrogen and oxygen atoms in total. The zero-order valence-corrected chi connectivity index (χ0v) is 27.7. The Bertz CT molecular complexity index is 2120. The fourth-order valence-corrected chi connectivity index (χ4v) is 8.91. The predicted molar refractivity (Wildman–Crippen MR) is 180 cm³/mol. The summed E-state index contributed by atoms with van der Waals surface area (Å²) >= 11 is 0. The second-order valence-electron chi connectivity index (χ2n) is 14.0. The molecule has 51 heavy (non-hydrogen) atoms. The van der Waals surface area contributed by atoms with Crippen LogP contribution in [0.15, 0.2) is 55.8 Å². The Kier molecular flexibility index (Phi) is 8.28. The number of rotatable bonds is 8. The van der Waals surface area contributed by atoms with Crippen LogP contribution in [-0.4, -0.2) is 80.1 Å². The summed E-state index contributed by atoms with van der Waals surface area (Å²) in [6.07, 6.45) is 7.42. The molecule has 1 amide bonds. The van der Waals surface area contributed by atoms with Gasteiger partial charge in [0, 0.05) is 59.6 Å². The number of amides is 1. The smallest absolute Gasteiger partial charge is 0.335 e. The summed E-state index contributed by atoms with van der Waals surface area (Å²) in [5.74, 6) is -4.50. The number of aromatic nitrogens is 3. The average molecular weight is 702 g/mol. The number of hydrogen-bond acceptors (Lipinski definition) is 8. The first-order chi connectivity index (χ1) is 24.6. The average Bonchev–Trinajstić information content (AvgIpc) is 3.74. The number of alkyl halides is 1. The van der Waals surface area contributed by atoms with Gasteiger partial charge in [-0.1, -0.05) is 19.2 Å². The standard InChI is InChI=1S/C38H35F4N5O4/c1-3-29(48)47-23-7-8-24(47)13-21(12-23)34-27-17-43-35(26-15-25(51-30(49)4-2)14-20-6-9-28(40)32(41)31(20)26)33(42)36(27)45-37(44-34)50-19-38-10-5-11-46(38)18-22(39)16-38/h3-4,6,9,14-15,17,21-24H,1-2,5,7-8,10-13,16,18-19H2/t21?,22-,23-,24+,38+/m1/s1. The quantitative estimate of drug-likeness (QED) is 0.0864. The maximum atomic E-state index is 17.0. The van der Waals surface area contributed by atoms with E-state index >= 15 is 8.78 Å². The highest BCUT2D eigenvalue weighted by Gasteiger charge is 2.49. The SMILES string of the molecule is C=CC(=O)Oc1cc(-c2ncc3c(C4C[C@H]5CC[C@@H](C4)N5C(=O)C=C)nc(OC[C@@]45CCCN4C[C@H](F)C5)nc3c2F)c2c(F)c(F)ccc2c1. The number of fused-ring (bicyclic) bond motifs is 5. The molecule has 4 aromatic rings. The number of nitrogens with zero attached hydrogens (tertiary/aromatic N) is 5. The third-order valence-corrected chi connectivity index (χ3v) is 11.1. The number of esters is 1. The normalized spacial score (nSPS) is 25.7. The first-order valence-corrected chi connectivity index (χ1v) is 17.2. The number of pyridine rings is 1. The van der Waals surface area contributed by atoms with E-state index in [1.54, 1.807) is 0 Å². The van der Waals surface area contributed by atoms with E-state index in [1.807, 2.05) is 4.90 Å². The molecule has 2 aromatic heterocycles. The highest BCUT2D eigenvalue weighted by Crippen LogP contribution is 2.46. The number of carbonyl (C=O) groups is 2. The molecule has 0 spiro atoms. The van der Waals surface area contributed by atoms with E-state index in [1.165, 1.54) is 30.5 Å². The lowest BCUT2D eigenvalue weighted by atomic mass is 9.86. The molecule has 4 fully saturated rings. The summed E-state index contributed by atoms with van der Waals surface area (Å²) in [4.78, 5) is 42.5. The minimum atomic E-state index is -1.22. The number of halogens is 4. The number of ether oxygens (including phenoxy) is 2. The summed E-state index contributed by atoms with van der Waals surface area (Å²) in [6.45, 7) is 8.25. The van der Waals surface area contributed by atoms with Crippen LogP contribution in [0.3, 0.4) is 0 Å². The summed E-state index contributed by atoms with van der Waals surface area (Å²) in [5.41, 5.74) is -0.674. The van der Waals surface area contributed by atoms with Gasteiger partial charge >= 0.3 is 12.0 Å². The summed E-state index contributed by atoms with van der Waals surface area (Å²) in [5, 5.41) is 0.196. The zero-order chi connectivity index (χ0) is 35.6. The molecule has 0 radical (unpaired) electrons. The van der Waals surface area contributed by atoms with E-state index in [9.17, 15) is 18.4 Å². The number of benzene rings is 2. The molecule has 0 aliphatic carbocycles. The number of hydrogen-bond donors (Lipinski definition) is 0. The van der Waals surface area contributed by atoms with E-state index < -0.39 is 35.1 Å². The van der Waals surface area contributed by atoms with Crippen molar-refractivity contribution in [1.82, 2.24) is 24.8 Å². The van der Waals surface area contributed by atoms with Crippen LogP contribution in [0, 0.1) is 17.5 Å². The van der Waals surface area contributed by atoms with E-state index in [0.717, 1.165) is 44.4 Å². The van der Waals surface area contributed by atoms with Gasteiger partial charge in [0.1, 0.15) is 29.7 Å². The summed E-state index contributed by atoms with van der Waals surface area (Å²) in [7, 11) is 0. The monoisotopic (exact) mass is 701 g/mol. The molecule has 264 valence electrons. The van der Waals surface area contributed by atoms with Crippen molar-refractivity contribution in [2.45, 2.75) is 74.7 Å². The van der Waals surface area contributed by atoms with Crippen LogP contribution in [0.2, 0.25) is 0 Å². The van der Waals surface area contributed by atoms with Crippen LogP contribution in [0.4, 0.5) is 17.6 Å². The molecule has 0 N–H and O–H groups in total. The van der Waals surface area contributed by atoms with Gasteiger partial charge in [0.15, 0.2) is 17.5 Å². The Morgan fingerprint density at radius 2 is 1.82 bits per heavy atom. The minimum Gasteiger partial charge on any atom is -0.461 e. The number of carbonyl (C=O) groups excluding carboxylic acids is 2. The second kappa shape index (κ2) is 12.7. The zero-order valence-electron chi connectivity index (χ0n) is 27.7. The molecule has 4 aliphatic rings. The van der Waals surface area contributed by atoms with Crippen molar-refractivity contribution in [2.24, 2.45) is 0 Å². The van der Waals surface area contributed by atoms with Crippen LogP contribution in [0.5, 0.6) is 11.8 Å². The fraction of sp³-hybridized carbons (Fsp3) is 0.395. The van der Waals surface area contributed by atoms with E-state index in [0.29, 0.717) is 36.9 Å². The highest BCUT2D eigenvalue weighted by molar-refractivity contribution is 6.00. The third kappa shape index (κ3) is 5.62. The Morgan fingerprint density at radius 1 is 1.04 bits per heavy atom. The Labute approximate surface area is 291 Å². The van der Waals surface area contributed by atoms with Crippen LogP contribution < -0.4 is 9.47 Å². The van der Waals surface area contributed by atoms with Gasteiger partial charge in [0.2, 0.25) is 5.91 Å². The van der Waals surface area contributed by atoms with Crippen LogP contribution in [-0.2, 0) is 9.59 Å². The largest absolute Gasteiger partial charge is 0.461 e. The molecule has 5 atom stereocenters. The molecular weight excluding hydrogens is 666 g/mol. The van der Waals surface area contributed by atoms with Crippen molar-refractivity contribution in [1.29, 1.82) is 0 Å². The van der Waals surface area contributed by atoms with Crippen molar-refractivity contribution < 1.29 is 36.6 Å². The van der Waals surface area contributed by atoms with Crippen LogP contribution in [0.1, 0.15) is 56.6 Å². The topological polar surface area (TPSA) is 97.8 Å². The van der Waals surface area contributed by atoms with Gasteiger partial charge in [0.05, 0.1) is 11.2 Å². The lowest BCUT2D eigenvalue weighted by Gasteiger charge is -2.38. The lowest BCUT2D eigenvalue weighted by Crippen LogP contribution is -2.45. The van der Waals surface area contributed by atoms with Crippen molar-refractivity contribution in [3.05, 3.63) is 78.9 Å². The molecule has 13 heteroatoms. The van der Waals surface area contributed by atoms with Gasteiger partial charge in [-0.2, -0.15) is 9.97 Å². The first-order valence-electron chi connectivity index (χ1n) is 17.2. The van der Waals surface area contributed by atoms with Crippen molar-refractivity contribution >= 4 is 33.6 Å². The predicted octanol–water partition coefficient (Wildman–Crippen LogP) is 6.73. The Hall–Kier alpha value is -4.91. The molecule has 2 bridgehead atoms. The molecule has 6 heterocycles. The van der Waals surface area contributed by atoms with Gasteiger partial charge in [-0.15, -0.1) is 0 Å². The lowest BCUT2D eigenvalue weighted by molar-refractivity contribution is -0.130. The van der Waals surface area contributed by atoms with Crippen LogP contribution in [0.25, 0.3) is 32.9 Å². The van der Waals surface area contributed by atoms with Crippen molar-refractivity contribution in [3.8, 4) is 23.0 Å². The van der Waals surface area contributed by atoms with Gasteiger partial charge in [-0.3, -0.25) is 14.7 Å². The third-order valence-electron chi connectivity index (χ3n) is 11.1. The first kappa shape index (κ1) is 33.2. The van der Waals surface area contributed by atoms with Gasteiger partial charge in [-0.05, 0) is 74.7 Å². The molecular formula is C38H35F4N5O4. The molecule has 2 aromatic carbocycles. The van der Waals surface area contributed by atoms with Gasteiger partial charge in [-0.25, -0.2) is 22.4 Å². The minimum absolute atomic E-state index is 0.0538. The fourth-order valence-electron chi connectivity index (χ4n) is 8.91.